The molecular weight excluding hydrogens is 278 g/mol. The van der Waals surface area contributed by atoms with Crippen LogP contribution >= 0.6 is 0 Å². The molecule has 1 aliphatic heterocycles. The Bertz CT molecular complexity index is 399. The van der Waals surface area contributed by atoms with Crippen LogP contribution in [-0.2, 0) is 19.1 Å². The van der Waals surface area contributed by atoms with Gasteiger partial charge in [0.05, 0.1) is 26.2 Å². The van der Waals surface area contributed by atoms with Crippen molar-refractivity contribution in [3.63, 3.8) is 0 Å². The number of carbonyl (C=O) groups excluding carboxylic acids is 3. The maximum atomic E-state index is 12.5. The van der Waals surface area contributed by atoms with E-state index in [0.29, 0.717) is 13.2 Å². The van der Waals surface area contributed by atoms with Crippen molar-refractivity contribution < 1.29 is 23.9 Å². The molecule has 8 nitrogen and oxygen atoms in total. The quantitative estimate of drug-likeness (QED) is 0.663. The molecule has 0 bridgehead atoms. The SMILES string of the molecule is COC(=O)CC1CN(C(=O)C(NC(N)=O)C(C)C)CCO1. The van der Waals surface area contributed by atoms with Crippen molar-refractivity contribution in [2.24, 2.45) is 11.7 Å². The second-order valence-electron chi connectivity index (χ2n) is 5.29. The van der Waals surface area contributed by atoms with E-state index in [1.54, 1.807) is 4.90 Å². The number of nitrogens with two attached hydrogens (primary N) is 1. The van der Waals surface area contributed by atoms with E-state index in [1.807, 2.05) is 13.8 Å². The van der Waals surface area contributed by atoms with Crippen LogP contribution in [0, 0.1) is 5.92 Å². The van der Waals surface area contributed by atoms with Crippen LogP contribution in [0.1, 0.15) is 20.3 Å². The lowest BCUT2D eigenvalue weighted by atomic mass is 10.0. The van der Waals surface area contributed by atoms with E-state index in [4.69, 9.17) is 10.5 Å². The van der Waals surface area contributed by atoms with Crippen LogP contribution in [0.5, 0.6) is 0 Å². The van der Waals surface area contributed by atoms with Gasteiger partial charge in [-0.1, -0.05) is 13.8 Å². The number of hydrogen-bond donors (Lipinski definition) is 2. The summed E-state index contributed by atoms with van der Waals surface area (Å²) in [5.41, 5.74) is 5.10. The average molecular weight is 301 g/mol. The van der Waals surface area contributed by atoms with E-state index >= 15 is 0 Å². The molecule has 21 heavy (non-hydrogen) atoms. The molecule has 0 spiro atoms. The minimum atomic E-state index is -0.735. The normalized spacial score (nSPS) is 20.0. The Morgan fingerprint density at radius 1 is 1.43 bits per heavy atom. The largest absolute Gasteiger partial charge is 0.469 e. The monoisotopic (exact) mass is 301 g/mol. The molecule has 0 aromatic carbocycles. The molecule has 8 heteroatoms. The number of nitrogens with one attached hydrogen (secondary N) is 1. The number of morpholine rings is 1. The van der Waals surface area contributed by atoms with Gasteiger partial charge in [0.1, 0.15) is 6.04 Å². The van der Waals surface area contributed by atoms with Crippen molar-refractivity contribution in [3.8, 4) is 0 Å². The zero-order valence-electron chi connectivity index (χ0n) is 12.6. The van der Waals surface area contributed by atoms with E-state index in [0.717, 1.165) is 0 Å². The summed E-state index contributed by atoms with van der Waals surface area (Å²) < 4.78 is 10.0. The fourth-order valence-corrected chi connectivity index (χ4v) is 2.18. The number of amides is 3. The summed E-state index contributed by atoms with van der Waals surface area (Å²) in [6.07, 6.45) is -0.299. The van der Waals surface area contributed by atoms with Gasteiger partial charge in [-0.25, -0.2) is 4.79 Å². The molecule has 2 atom stereocenters. The first-order valence-electron chi connectivity index (χ1n) is 6.88. The molecule has 3 N–H and O–H groups in total. The van der Waals surface area contributed by atoms with Crippen LogP contribution < -0.4 is 11.1 Å². The van der Waals surface area contributed by atoms with E-state index in [9.17, 15) is 14.4 Å². The molecule has 0 aliphatic carbocycles. The van der Waals surface area contributed by atoms with Gasteiger partial charge in [0.15, 0.2) is 0 Å². The zero-order chi connectivity index (χ0) is 16.0. The topological polar surface area (TPSA) is 111 Å². The molecule has 0 aromatic heterocycles. The van der Waals surface area contributed by atoms with Crippen molar-refractivity contribution in [2.45, 2.75) is 32.4 Å². The second-order valence-corrected chi connectivity index (χ2v) is 5.29. The minimum absolute atomic E-state index is 0.0908. The molecule has 2 unspecified atom stereocenters. The molecule has 0 saturated carbocycles. The van der Waals surface area contributed by atoms with Crippen molar-refractivity contribution in [3.05, 3.63) is 0 Å². The Morgan fingerprint density at radius 2 is 2.10 bits per heavy atom. The highest BCUT2D eigenvalue weighted by Crippen LogP contribution is 2.13. The Balaban J connectivity index is 2.67. The van der Waals surface area contributed by atoms with Gasteiger partial charge in [-0.05, 0) is 5.92 Å². The molecule has 3 amide bonds. The van der Waals surface area contributed by atoms with Gasteiger partial charge in [-0.15, -0.1) is 0 Å². The van der Waals surface area contributed by atoms with Crippen molar-refractivity contribution in [2.75, 3.05) is 26.8 Å². The lowest BCUT2D eigenvalue weighted by Crippen LogP contribution is -2.56. The molecular formula is C13H23N3O5. The third-order valence-electron chi connectivity index (χ3n) is 3.30. The summed E-state index contributed by atoms with van der Waals surface area (Å²) in [4.78, 5) is 36.3. The van der Waals surface area contributed by atoms with Gasteiger partial charge >= 0.3 is 12.0 Å². The predicted octanol–water partition coefficient (Wildman–Crippen LogP) is -0.530. The molecule has 0 aromatic rings. The molecule has 1 rings (SSSR count). The maximum Gasteiger partial charge on any atom is 0.312 e. The van der Waals surface area contributed by atoms with Gasteiger partial charge in [-0.2, -0.15) is 0 Å². The lowest BCUT2D eigenvalue weighted by molar-refractivity contribution is -0.151. The fourth-order valence-electron chi connectivity index (χ4n) is 2.18. The third kappa shape index (κ3) is 5.22. The number of rotatable bonds is 5. The standard InChI is InChI=1S/C13H23N3O5/c1-8(2)11(15-13(14)19)12(18)16-4-5-21-9(7-16)6-10(17)20-3/h8-9,11H,4-7H2,1-3H3,(H3,14,15,19). The maximum absolute atomic E-state index is 12.5. The van der Waals surface area contributed by atoms with E-state index < -0.39 is 18.2 Å². The van der Waals surface area contributed by atoms with Crippen LogP contribution in [0.25, 0.3) is 0 Å². The molecule has 0 radical (unpaired) electrons. The highest BCUT2D eigenvalue weighted by Gasteiger charge is 2.32. The van der Waals surface area contributed by atoms with Crippen molar-refractivity contribution in [1.82, 2.24) is 10.2 Å². The van der Waals surface area contributed by atoms with E-state index in [2.05, 4.69) is 10.1 Å². The fraction of sp³-hybridized carbons (Fsp3) is 0.769. The van der Waals surface area contributed by atoms with Gasteiger partial charge in [0.2, 0.25) is 5.91 Å². The summed E-state index contributed by atoms with van der Waals surface area (Å²) in [5.74, 6) is -0.696. The number of hydrogen-bond acceptors (Lipinski definition) is 5. The third-order valence-corrected chi connectivity index (χ3v) is 3.30. The second kappa shape index (κ2) is 7.82. The summed E-state index contributed by atoms with van der Waals surface area (Å²) in [5, 5.41) is 2.46. The first-order chi connectivity index (χ1) is 9.85. The molecule has 1 aliphatic rings. The Kier molecular flexibility index (Phi) is 6.41. The number of nitrogens with zero attached hydrogens (tertiary/aromatic N) is 1. The Morgan fingerprint density at radius 3 is 2.62 bits per heavy atom. The minimum Gasteiger partial charge on any atom is -0.469 e. The van der Waals surface area contributed by atoms with Gasteiger partial charge in [0, 0.05) is 13.1 Å². The van der Waals surface area contributed by atoms with Gasteiger partial charge in [0.25, 0.3) is 0 Å². The first kappa shape index (κ1) is 17.2. The first-order valence-corrected chi connectivity index (χ1v) is 6.88. The number of primary amides is 1. The van der Waals surface area contributed by atoms with Crippen LogP contribution in [0.4, 0.5) is 4.79 Å². The van der Waals surface area contributed by atoms with Crippen LogP contribution in [0.15, 0.2) is 0 Å². The number of urea groups is 1. The summed E-state index contributed by atoms with van der Waals surface area (Å²) >= 11 is 0. The molecule has 1 saturated heterocycles. The molecule has 1 fully saturated rings. The van der Waals surface area contributed by atoms with Gasteiger partial charge < -0.3 is 25.4 Å². The van der Waals surface area contributed by atoms with Crippen LogP contribution in [0.3, 0.4) is 0 Å². The van der Waals surface area contributed by atoms with Crippen LogP contribution in [-0.4, -0.2) is 61.8 Å². The smallest absolute Gasteiger partial charge is 0.312 e. The molecule has 120 valence electrons. The zero-order valence-corrected chi connectivity index (χ0v) is 12.6. The predicted molar refractivity (Wildman–Crippen MR) is 74.3 cm³/mol. The van der Waals surface area contributed by atoms with E-state index in [1.165, 1.54) is 7.11 Å². The van der Waals surface area contributed by atoms with Gasteiger partial charge in [-0.3, -0.25) is 9.59 Å². The Labute approximate surface area is 123 Å². The number of methoxy groups -OCH3 is 1. The van der Waals surface area contributed by atoms with Crippen molar-refractivity contribution in [1.29, 1.82) is 0 Å². The highest BCUT2D eigenvalue weighted by atomic mass is 16.5. The molecule has 1 heterocycles. The average Bonchev–Trinajstić information content (AvgIpc) is 2.43. The summed E-state index contributed by atoms with van der Waals surface area (Å²) in [6, 6.07) is -1.42. The number of carbonyl (C=O) groups is 3. The summed E-state index contributed by atoms with van der Waals surface area (Å²) in [7, 11) is 1.31. The van der Waals surface area contributed by atoms with Crippen LogP contribution in [0.2, 0.25) is 0 Å². The summed E-state index contributed by atoms with van der Waals surface area (Å²) in [6.45, 7) is 4.70. The van der Waals surface area contributed by atoms with Crippen molar-refractivity contribution >= 4 is 17.9 Å². The number of esters is 1. The highest BCUT2D eigenvalue weighted by molar-refractivity contribution is 5.87. The lowest BCUT2D eigenvalue weighted by Gasteiger charge is -2.35. The Hall–Kier alpha value is -1.83. The number of ether oxygens (including phenoxy) is 2. The van der Waals surface area contributed by atoms with E-state index in [-0.39, 0.29) is 30.8 Å².